The predicted octanol–water partition coefficient (Wildman–Crippen LogP) is 22.7. The molecule has 13 aromatic carbocycles. The first-order valence-electron chi connectivity index (χ1n) is 37.2. The number of hydrogen-bond acceptors (Lipinski definition) is 1. The van der Waals surface area contributed by atoms with Gasteiger partial charge in [0, 0.05) is 0 Å². The van der Waals surface area contributed by atoms with Crippen molar-refractivity contribution in [1.82, 2.24) is 13.7 Å². The molecule has 16 aromatic rings. The van der Waals surface area contributed by atoms with Crippen molar-refractivity contribution in [3.8, 4) is 50.4 Å². The molecule has 0 saturated heterocycles. The van der Waals surface area contributed by atoms with Crippen molar-refractivity contribution in [2.45, 2.75) is 131 Å². The fourth-order valence-corrected chi connectivity index (χ4v) is 19.8. The summed E-state index contributed by atoms with van der Waals surface area (Å²) in [6.07, 6.45) is 0. The van der Waals surface area contributed by atoms with Crippen molar-refractivity contribution in [3.63, 3.8) is 0 Å². The van der Waals surface area contributed by atoms with Gasteiger partial charge in [0.1, 0.15) is 0 Å². The number of hydrogen-bond donors (Lipinski definition) is 0. The fraction of sp³-hybridized carbons (Fsp3) is 0.204. The molecule has 510 valence electrons. The first-order valence-corrected chi connectivity index (χ1v) is 39.0. The first-order chi connectivity index (χ1) is 49.7. The van der Waals surface area contributed by atoms with Crippen molar-refractivity contribution in [2.75, 3.05) is 4.90 Å². The molecular formula is C98H89BN4Se. The third kappa shape index (κ3) is 10.6. The number of aromatic nitrogens is 3. The molecule has 0 atom stereocenters. The van der Waals surface area contributed by atoms with Crippen molar-refractivity contribution in [3.05, 3.63) is 295 Å². The van der Waals surface area contributed by atoms with Crippen LogP contribution in [0, 0.1) is 0 Å². The second-order valence-corrected chi connectivity index (χ2v) is 36.8. The Morgan fingerprint density at radius 3 is 1.14 bits per heavy atom. The van der Waals surface area contributed by atoms with Crippen molar-refractivity contribution in [2.24, 2.45) is 0 Å². The van der Waals surface area contributed by atoms with Gasteiger partial charge in [0.2, 0.25) is 0 Å². The van der Waals surface area contributed by atoms with Crippen LogP contribution in [0.2, 0.25) is 0 Å². The number of anilines is 3. The van der Waals surface area contributed by atoms with E-state index < -0.39 is 0 Å². The van der Waals surface area contributed by atoms with E-state index in [2.05, 4.69) is 389 Å². The molecule has 4 nitrogen and oxygen atoms in total. The van der Waals surface area contributed by atoms with Gasteiger partial charge in [0.05, 0.1) is 0 Å². The fourth-order valence-electron chi connectivity index (χ4n) is 16.9. The predicted molar refractivity (Wildman–Crippen MR) is 450 cm³/mol. The maximum absolute atomic E-state index is 2.76. The second kappa shape index (κ2) is 23.6. The van der Waals surface area contributed by atoms with Gasteiger partial charge in [-0.25, -0.2) is 0 Å². The van der Waals surface area contributed by atoms with Gasteiger partial charge in [-0.2, -0.15) is 0 Å². The van der Waals surface area contributed by atoms with E-state index in [0.717, 1.165) is 45.0 Å². The molecule has 3 aromatic heterocycles. The Morgan fingerprint density at radius 2 is 0.663 bits per heavy atom. The molecule has 2 aliphatic rings. The summed E-state index contributed by atoms with van der Waals surface area (Å²) < 4.78 is 10.6. The molecule has 2 aliphatic heterocycles. The Hall–Kier alpha value is -10.4. The van der Waals surface area contributed by atoms with Gasteiger partial charge in [-0.15, -0.1) is 0 Å². The second-order valence-electron chi connectivity index (χ2n) is 34.6. The molecule has 0 bridgehead atoms. The van der Waals surface area contributed by atoms with Crippen molar-refractivity contribution in [1.29, 1.82) is 0 Å². The summed E-state index contributed by atoms with van der Waals surface area (Å²) in [4.78, 5) is 2.76. The van der Waals surface area contributed by atoms with Crippen LogP contribution in [0.15, 0.2) is 267 Å². The Morgan fingerprint density at radius 1 is 0.279 bits per heavy atom. The van der Waals surface area contributed by atoms with Crippen LogP contribution in [0.4, 0.5) is 17.1 Å². The summed E-state index contributed by atoms with van der Waals surface area (Å²) >= 11 is -0.195. The molecule has 0 N–H and O–H groups in total. The molecule has 0 saturated carbocycles. The van der Waals surface area contributed by atoms with Crippen LogP contribution >= 0.6 is 0 Å². The molecule has 18 rings (SSSR count). The summed E-state index contributed by atoms with van der Waals surface area (Å²) in [5.41, 5.74) is 31.7. The molecule has 0 radical (unpaired) electrons. The zero-order valence-electron chi connectivity index (χ0n) is 62.7. The number of nitrogens with zero attached hydrogens (tertiary/aromatic N) is 4. The average Bonchev–Trinajstić information content (AvgIpc) is 1.37. The van der Waals surface area contributed by atoms with E-state index in [-0.39, 0.29) is 48.7 Å². The first kappa shape index (κ1) is 65.7. The van der Waals surface area contributed by atoms with Crippen LogP contribution in [0.25, 0.3) is 116 Å². The summed E-state index contributed by atoms with van der Waals surface area (Å²) in [5, 5.41) is 7.74. The van der Waals surface area contributed by atoms with Gasteiger partial charge in [0.25, 0.3) is 0 Å². The molecule has 0 fully saturated rings. The van der Waals surface area contributed by atoms with E-state index in [1.54, 1.807) is 0 Å². The number of para-hydroxylation sites is 1. The molecule has 5 heterocycles. The summed E-state index contributed by atoms with van der Waals surface area (Å²) in [6, 6.07) is 104. The van der Waals surface area contributed by atoms with Gasteiger partial charge in [-0.1, -0.05) is 41.5 Å². The standard InChI is InChI=1S/C98H89BN4Se/c1-94(2,3)64-35-41-69(42-36-64)100-81-34-26-25-33-72(81)90-86(100)50-45-80-93(90)104-89-59-71(102-84-48-39-67(97(10,11)12)55-77(84)78-56-68(98(13,14)15)40-49-85(78)102)58-88-91(89)99(80)79-44-43-70(101-82-46-37-65(95(4,5)6)53-75(82)76-54-66(96(7,8)9)38-47-83(76)101)57-87(79)103(88)92-73(61-29-21-17-22-30-61)51-63(60-27-19-16-20-28-60)52-74(92)62-31-23-18-24-32-62/h16-59H,1-15H3. The minimum absolute atomic E-state index is 0.0240. The van der Waals surface area contributed by atoms with Gasteiger partial charge >= 0.3 is 572 Å². The van der Waals surface area contributed by atoms with E-state index in [0.29, 0.717) is 0 Å². The monoisotopic (exact) mass is 1410 g/mol. The van der Waals surface area contributed by atoms with Crippen LogP contribution in [-0.2, 0) is 27.1 Å². The minimum atomic E-state index is -0.195. The molecule has 0 aliphatic carbocycles. The van der Waals surface area contributed by atoms with Crippen LogP contribution in [-0.4, -0.2) is 35.4 Å². The van der Waals surface area contributed by atoms with Gasteiger partial charge < -0.3 is 0 Å². The Bertz CT molecular complexity index is 5990. The summed E-state index contributed by atoms with van der Waals surface area (Å²) in [6.45, 7) is 34.9. The van der Waals surface area contributed by atoms with E-state index in [1.807, 2.05) is 0 Å². The van der Waals surface area contributed by atoms with Crippen LogP contribution in [0.3, 0.4) is 0 Å². The van der Waals surface area contributed by atoms with E-state index >= 15 is 0 Å². The number of benzene rings is 13. The SMILES string of the molecule is CC(C)(C)c1ccc(-n2c3ccccc3c3c4c(ccc32)B2c3ccc(-n5c6ccc(C(C)(C)C)cc6c6cc(C(C)(C)C)ccc65)cc3N(c3c(-c5ccccc5)cc(-c5ccccc5)cc3-c3ccccc3)c3cc(-n5c6ccc(C(C)(C)C)cc6c6cc(C(C)(C)C)ccc65)cc(c32)[Se]4)cc1. The molecular weight excluding hydrogens is 1320 g/mol. The Kier molecular flexibility index (Phi) is 14.9. The van der Waals surface area contributed by atoms with Crippen LogP contribution < -0.4 is 30.2 Å². The molecule has 0 amide bonds. The van der Waals surface area contributed by atoms with E-state index in [1.165, 1.54) is 141 Å². The van der Waals surface area contributed by atoms with Gasteiger partial charge in [-0.3, -0.25) is 0 Å². The van der Waals surface area contributed by atoms with Crippen molar-refractivity contribution < 1.29 is 0 Å². The average molecular weight is 1410 g/mol. The molecule has 0 spiro atoms. The molecule has 6 heteroatoms. The van der Waals surface area contributed by atoms with E-state index in [9.17, 15) is 0 Å². The Labute approximate surface area is 619 Å². The molecule has 0 unspecified atom stereocenters. The maximum atomic E-state index is 2.76. The topological polar surface area (TPSA) is 18.0 Å². The van der Waals surface area contributed by atoms with Crippen molar-refractivity contribution >= 4 is 129 Å². The van der Waals surface area contributed by atoms with Gasteiger partial charge in [0.15, 0.2) is 0 Å². The third-order valence-electron chi connectivity index (χ3n) is 22.7. The Balaban J connectivity index is 1.01. The zero-order chi connectivity index (χ0) is 71.8. The summed E-state index contributed by atoms with van der Waals surface area (Å²) in [7, 11) is 0. The normalized spacial score (nSPS) is 13.5. The summed E-state index contributed by atoms with van der Waals surface area (Å²) in [5.74, 6) is 0. The number of rotatable bonds is 7. The molecule has 104 heavy (non-hydrogen) atoms. The number of fused-ring (bicyclic) bond motifs is 14. The van der Waals surface area contributed by atoms with Crippen LogP contribution in [0.1, 0.15) is 132 Å². The van der Waals surface area contributed by atoms with E-state index in [4.69, 9.17) is 0 Å². The third-order valence-corrected chi connectivity index (χ3v) is 25.2. The quantitative estimate of drug-likeness (QED) is 0.145. The van der Waals surface area contributed by atoms with Gasteiger partial charge in [-0.05, 0) is 10.8 Å². The van der Waals surface area contributed by atoms with Crippen LogP contribution in [0.5, 0.6) is 0 Å². The zero-order valence-corrected chi connectivity index (χ0v) is 64.4.